The lowest BCUT2D eigenvalue weighted by Crippen LogP contribution is -2.02. The van der Waals surface area contributed by atoms with Crippen LogP contribution in [0.2, 0.25) is 0 Å². The second-order valence-corrected chi connectivity index (χ2v) is 4.60. The van der Waals surface area contributed by atoms with E-state index in [1.807, 2.05) is 4.68 Å². The normalized spacial score (nSPS) is 11.5. The van der Waals surface area contributed by atoms with Crippen LogP contribution in [-0.4, -0.2) is 9.78 Å². The molecule has 0 saturated heterocycles. The Morgan fingerprint density at radius 3 is 2.71 bits per heavy atom. The van der Waals surface area contributed by atoms with Crippen LogP contribution >= 0.6 is 15.9 Å². The molecule has 1 heterocycles. The SMILES string of the molecule is Cc1ccc2nn(C(C)C)c(Br)c2c1. The van der Waals surface area contributed by atoms with Gasteiger partial charge in [0, 0.05) is 11.4 Å². The van der Waals surface area contributed by atoms with Crippen LogP contribution in [0, 0.1) is 6.92 Å². The Hall–Kier alpha value is -0.830. The molecule has 0 radical (unpaired) electrons. The molecule has 0 aliphatic heterocycles. The van der Waals surface area contributed by atoms with Crippen molar-refractivity contribution in [2.45, 2.75) is 26.8 Å². The summed E-state index contributed by atoms with van der Waals surface area (Å²) in [5, 5.41) is 5.72. The first-order valence-corrected chi connectivity index (χ1v) is 5.53. The number of nitrogens with zero attached hydrogens (tertiary/aromatic N) is 2. The maximum Gasteiger partial charge on any atom is 0.112 e. The highest BCUT2D eigenvalue weighted by molar-refractivity contribution is 9.10. The molecule has 0 aliphatic rings. The zero-order chi connectivity index (χ0) is 10.3. The van der Waals surface area contributed by atoms with E-state index in [1.165, 1.54) is 10.9 Å². The first-order valence-electron chi connectivity index (χ1n) is 4.74. The van der Waals surface area contributed by atoms with Crippen molar-refractivity contribution in [1.29, 1.82) is 0 Å². The van der Waals surface area contributed by atoms with Gasteiger partial charge in [0.05, 0.1) is 5.52 Å². The average molecular weight is 253 g/mol. The van der Waals surface area contributed by atoms with Crippen molar-refractivity contribution in [3.8, 4) is 0 Å². The highest BCUT2D eigenvalue weighted by Crippen LogP contribution is 2.26. The lowest BCUT2D eigenvalue weighted by Gasteiger charge is -2.05. The van der Waals surface area contributed by atoms with Gasteiger partial charge in [-0.15, -0.1) is 0 Å². The van der Waals surface area contributed by atoms with E-state index in [0.29, 0.717) is 6.04 Å². The van der Waals surface area contributed by atoms with Crippen LogP contribution in [-0.2, 0) is 0 Å². The summed E-state index contributed by atoms with van der Waals surface area (Å²) in [6, 6.07) is 6.70. The highest BCUT2D eigenvalue weighted by atomic mass is 79.9. The summed E-state index contributed by atoms with van der Waals surface area (Å²) < 4.78 is 3.08. The van der Waals surface area contributed by atoms with Crippen LogP contribution in [0.15, 0.2) is 22.8 Å². The Labute approximate surface area is 92.0 Å². The second kappa shape index (κ2) is 3.39. The van der Waals surface area contributed by atoms with E-state index in [4.69, 9.17) is 0 Å². The average Bonchev–Trinajstić information content (AvgIpc) is 2.44. The summed E-state index contributed by atoms with van der Waals surface area (Å²) in [5.74, 6) is 0. The van der Waals surface area contributed by atoms with E-state index in [1.54, 1.807) is 0 Å². The van der Waals surface area contributed by atoms with E-state index in [0.717, 1.165) is 10.1 Å². The molecule has 0 N–H and O–H groups in total. The van der Waals surface area contributed by atoms with Crippen LogP contribution in [0.25, 0.3) is 10.9 Å². The van der Waals surface area contributed by atoms with Gasteiger partial charge in [-0.25, -0.2) is 0 Å². The molecule has 0 saturated carbocycles. The monoisotopic (exact) mass is 252 g/mol. The Morgan fingerprint density at radius 1 is 1.36 bits per heavy atom. The van der Waals surface area contributed by atoms with Crippen molar-refractivity contribution in [2.75, 3.05) is 0 Å². The molecule has 2 aromatic rings. The minimum atomic E-state index is 0.386. The van der Waals surface area contributed by atoms with Crippen molar-refractivity contribution in [3.05, 3.63) is 28.4 Å². The molecule has 14 heavy (non-hydrogen) atoms. The zero-order valence-electron chi connectivity index (χ0n) is 8.58. The summed E-state index contributed by atoms with van der Waals surface area (Å²) >= 11 is 3.59. The molecule has 0 atom stereocenters. The number of halogens is 1. The van der Waals surface area contributed by atoms with Gasteiger partial charge < -0.3 is 0 Å². The van der Waals surface area contributed by atoms with Crippen LogP contribution in [0.1, 0.15) is 25.5 Å². The lowest BCUT2D eigenvalue weighted by atomic mass is 10.2. The van der Waals surface area contributed by atoms with Crippen molar-refractivity contribution in [3.63, 3.8) is 0 Å². The Morgan fingerprint density at radius 2 is 2.07 bits per heavy atom. The van der Waals surface area contributed by atoms with Crippen molar-refractivity contribution < 1.29 is 0 Å². The fraction of sp³-hybridized carbons (Fsp3) is 0.364. The summed E-state index contributed by atoms with van der Waals surface area (Å²) in [6.07, 6.45) is 0. The van der Waals surface area contributed by atoms with Gasteiger partial charge in [-0.3, -0.25) is 4.68 Å². The molecule has 2 nitrogen and oxygen atoms in total. The Bertz CT molecular complexity index is 471. The maximum absolute atomic E-state index is 4.52. The molecule has 0 aliphatic carbocycles. The Kier molecular flexibility index (Phi) is 2.35. The van der Waals surface area contributed by atoms with Gasteiger partial charge in [-0.05, 0) is 48.8 Å². The molecule has 1 aromatic heterocycles. The van der Waals surface area contributed by atoms with Crippen molar-refractivity contribution in [1.82, 2.24) is 9.78 Å². The molecule has 0 amide bonds. The van der Waals surface area contributed by atoms with Gasteiger partial charge in [0.1, 0.15) is 4.60 Å². The fourth-order valence-corrected chi connectivity index (χ4v) is 2.33. The number of fused-ring (bicyclic) bond motifs is 1. The third-order valence-corrected chi connectivity index (χ3v) is 3.07. The van der Waals surface area contributed by atoms with Crippen molar-refractivity contribution in [2.24, 2.45) is 0 Å². The van der Waals surface area contributed by atoms with Gasteiger partial charge in [0.2, 0.25) is 0 Å². The molecular weight excluding hydrogens is 240 g/mol. The topological polar surface area (TPSA) is 17.8 Å². The molecule has 0 unspecified atom stereocenters. The fourth-order valence-electron chi connectivity index (χ4n) is 1.53. The molecular formula is C11H13BrN2. The van der Waals surface area contributed by atoms with Gasteiger partial charge in [-0.2, -0.15) is 5.10 Å². The first-order chi connectivity index (χ1) is 6.59. The summed E-state index contributed by atoms with van der Waals surface area (Å²) in [7, 11) is 0. The van der Waals surface area contributed by atoms with Crippen LogP contribution in [0.3, 0.4) is 0 Å². The number of rotatable bonds is 1. The molecule has 74 valence electrons. The summed E-state index contributed by atoms with van der Waals surface area (Å²) in [4.78, 5) is 0. The predicted molar refractivity (Wildman–Crippen MR) is 62.6 cm³/mol. The predicted octanol–water partition coefficient (Wildman–Crippen LogP) is 3.69. The summed E-state index contributed by atoms with van der Waals surface area (Å²) in [5.41, 5.74) is 2.32. The second-order valence-electron chi connectivity index (χ2n) is 3.85. The van der Waals surface area contributed by atoms with E-state index < -0.39 is 0 Å². The molecule has 3 heteroatoms. The quantitative estimate of drug-likeness (QED) is 0.757. The van der Waals surface area contributed by atoms with Crippen LogP contribution < -0.4 is 0 Å². The largest absolute Gasteiger partial charge is 0.255 e. The minimum absolute atomic E-state index is 0.386. The van der Waals surface area contributed by atoms with E-state index >= 15 is 0 Å². The molecule has 0 spiro atoms. The van der Waals surface area contributed by atoms with Gasteiger partial charge in [0.15, 0.2) is 0 Å². The van der Waals surface area contributed by atoms with Crippen molar-refractivity contribution >= 4 is 26.8 Å². The maximum atomic E-state index is 4.52. The van der Waals surface area contributed by atoms with E-state index in [2.05, 4.69) is 60.0 Å². The summed E-state index contributed by atoms with van der Waals surface area (Å²) in [6.45, 7) is 6.35. The zero-order valence-corrected chi connectivity index (χ0v) is 10.2. The van der Waals surface area contributed by atoms with Gasteiger partial charge >= 0.3 is 0 Å². The number of aromatic nitrogens is 2. The molecule has 0 bridgehead atoms. The smallest absolute Gasteiger partial charge is 0.112 e. The minimum Gasteiger partial charge on any atom is -0.255 e. The highest BCUT2D eigenvalue weighted by Gasteiger charge is 2.10. The first kappa shape index (κ1) is 9.71. The van der Waals surface area contributed by atoms with Gasteiger partial charge in [0.25, 0.3) is 0 Å². The third-order valence-electron chi connectivity index (χ3n) is 2.28. The molecule has 0 fully saturated rings. The van der Waals surface area contributed by atoms with Crippen LogP contribution in [0.4, 0.5) is 0 Å². The van der Waals surface area contributed by atoms with Gasteiger partial charge in [-0.1, -0.05) is 11.6 Å². The Balaban J connectivity index is 2.74. The number of aryl methyl sites for hydroxylation is 1. The standard InChI is InChI=1S/C11H13BrN2/c1-7(2)14-11(12)9-6-8(3)4-5-10(9)13-14/h4-7H,1-3H3. The molecule has 1 aromatic carbocycles. The lowest BCUT2D eigenvalue weighted by molar-refractivity contribution is 0.527. The van der Waals surface area contributed by atoms with Crippen LogP contribution in [0.5, 0.6) is 0 Å². The molecule has 2 rings (SSSR count). The number of hydrogen-bond acceptors (Lipinski definition) is 1. The number of benzene rings is 1. The van der Waals surface area contributed by atoms with E-state index in [9.17, 15) is 0 Å². The van der Waals surface area contributed by atoms with E-state index in [-0.39, 0.29) is 0 Å². The number of hydrogen-bond donors (Lipinski definition) is 0. The third kappa shape index (κ3) is 1.46.